The zero-order chi connectivity index (χ0) is 17.1. The Hall–Kier alpha value is -2.12. The molecule has 0 radical (unpaired) electrons. The first-order chi connectivity index (χ1) is 11.6. The van der Waals surface area contributed by atoms with Gasteiger partial charge in [0.05, 0.1) is 7.11 Å². The molecule has 0 aliphatic carbocycles. The highest BCUT2D eigenvalue weighted by molar-refractivity contribution is 7.15. The molecule has 1 aromatic heterocycles. The van der Waals surface area contributed by atoms with Gasteiger partial charge < -0.3 is 15.4 Å². The summed E-state index contributed by atoms with van der Waals surface area (Å²) in [5.74, 6) is 0.817. The average molecular weight is 346 g/mol. The van der Waals surface area contributed by atoms with Gasteiger partial charge in [0, 0.05) is 49.4 Å². The van der Waals surface area contributed by atoms with E-state index in [1.807, 2.05) is 36.2 Å². The van der Waals surface area contributed by atoms with E-state index in [2.05, 4.69) is 9.88 Å². The number of rotatable bonds is 4. The van der Waals surface area contributed by atoms with E-state index in [0.717, 1.165) is 48.9 Å². The van der Waals surface area contributed by atoms with E-state index in [-0.39, 0.29) is 5.91 Å². The van der Waals surface area contributed by atoms with Crippen molar-refractivity contribution in [1.29, 1.82) is 0 Å². The van der Waals surface area contributed by atoms with Crippen LogP contribution in [0.5, 0.6) is 5.75 Å². The lowest BCUT2D eigenvalue weighted by molar-refractivity contribution is 0.0629. The lowest BCUT2D eigenvalue weighted by Gasteiger charge is -2.34. The van der Waals surface area contributed by atoms with Gasteiger partial charge in [-0.1, -0.05) is 6.07 Å². The van der Waals surface area contributed by atoms with Crippen molar-refractivity contribution in [2.45, 2.75) is 13.5 Å². The molecule has 1 aromatic carbocycles. The Morgan fingerprint density at radius 3 is 2.71 bits per heavy atom. The summed E-state index contributed by atoms with van der Waals surface area (Å²) in [6, 6.07) is 5.62. The fourth-order valence-corrected chi connectivity index (χ4v) is 3.59. The molecule has 128 valence electrons. The van der Waals surface area contributed by atoms with Crippen molar-refractivity contribution in [2.75, 3.05) is 39.0 Å². The number of nitrogen functional groups attached to an aromatic ring is 1. The second-order valence-corrected chi connectivity index (χ2v) is 7.06. The maximum Gasteiger partial charge on any atom is 0.254 e. The molecule has 0 saturated carbocycles. The zero-order valence-corrected chi connectivity index (χ0v) is 14.8. The Bertz CT molecular complexity index is 723. The second-order valence-electron chi connectivity index (χ2n) is 5.92. The van der Waals surface area contributed by atoms with Crippen LogP contribution in [0.15, 0.2) is 24.4 Å². The average Bonchev–Trinajstić information content (AvgIpc) is 3.00. The number of carbonyl (C=O) groups is 1. The van der Waals surface area contributed by atoms with Crippen molar-refractivity contribution in [3.05, 3.63) is 40.4 Å². The van der Waals surface area contributed by atoms with Gasteiger partial charge in [-0.05, 0) is 24.6 Å². The number of methoxy groups -OCH3 is 1. The molecule has 1 aliphatic rings. The largest absolute Gasteiger partial charge is 0.496 e. The smallest absolute Gasteiger partial charge is 0.254 e. The first kappa shape index (κ1) is 16.7. The fraction of sp³-hybridized carbons (Fsp3) is 0.412. The first-order valence-electron chi connectivity index (χ1n) is 7.93. The number of anilines is 1. The van der Waals surface area contributed by atoms with Gasteiger partial charge in [-0.25, -0.2) is 4.98 Å². The van der Waals surface area contributed by atoms with E-state index in [1.54, 1.807) is 7.11 Å². The molecule has 1 fully saturated rings. The number of thiazole rings is 1. The number of piperazine rings is 1. The van der Waals surface area contributed by atoms with Crippen LogP contribution in [-0.2, 0) is 6.54 Å². The molecule has 24 heavy (non-hydrogen) atoms. The molecule has 1 aliphatic heterocycles. The number of amides is 1. The van der Waals surface area contributed by atoms with Crippen LogP contribution in [0.2, 0.25) is 0 Å². The number of nitrogens with two attached hydrogens (primary N) is 1. The molecule has 2 heterocycles. The van der Waals surface area contributed by atoms with Crippen LogP contribution in [0.3, 0.4) is 0 Å². The van der Waals surface area contributed by atoms with Gasteiger partial charge >= 0.3 is 0 Å². The number of hydrogen-bond donors (Lipinski definition) is 1. The summed E-state index contributed by atoms with van der Waals surface area (Å²) in [5, 5.41) is 0.604. The summed E-state index contributed by atoms with van der Waals surface area (Å²) in [7, 11) is 1.63. The molecule has 0 bridgehead atoms. The van der Waals surface area contributed by atoms with Crippen molar-refractivity contribution in [3.63, 3.8) is 0 Å². The number of ether oxygens (including phenoxy) is 1. The third-order valence-electron chi connectivity index (χ3n) is 4.27. The Morgan fingerprint density at radius 2 is 2.08 bits per heavy atom. The van der Waals surface area contributed by atoms with E-state index >= 15 is 0 Å². The van der Waals surface area contributed by atoms with Crippen LogP contribution < -0.4 is 10.5 Å². The van der Waals surface area contributed by atoms with Gasteiger partial charge in [0.25, 0.3) is 5.91 Å². The summed E-state index contributed by atoms with van der Waals surface area (Å²) >= 11 is 1.52. The van der Waals surface area contributed by atoms with Crippen molar-refractivity contribution in [1.82, 2.24) is 14.8 Å². The van der Waals surface area contributed by atoms with E-state index in [1.165, 1.54) is 11.3 Å². The van der Waals surface area contributed by atoms with Crippen molar-refractivity contribution < 1.29 is 9.53 Å². The predicted molar refractivity (Wildman–Crippen MR) is 95.4 cm³/mol. The summed E-state index contributed by atoms with van der Waals surface area (Å²) in [5.41, 5.74) is 7.38. The minimum Gasteiger partial charge on any atom is -0.496 e. The standard InChI is InChI=1S/C17H22N4O2S/c1-12-3-4-13(9-15(12)23-2)16(22)21-7-5-20(6-8-21)11-14-10-19-17(18)24-14/h3-4,9-10H,5-8,11H2,1-2H3,(H2,18,19). The maximum absolute atomic E-state index is 12.7. The molecule has 6 nitrogen and oxygen atoms in total. The van der Waals surface area contributed by atoms with Crippen LogP contribution in [0.1, 0.15) is 20.8 Å². The summed E-state index contributed by atoms with van der Waals surface area (Å²) in [6.07, 6.45) is 1.83. The molecule has 2 aromatic rings. The molecule has 2 N–H and O–H groups in total. The molecule has 1 saturated heterocycles. The Balaban J connectivity index is 1.58. The highest BCUT2D eigenvalue weighted by atomic mass is 32.1. The quantitative estimate of drug-likeness (QED) is 0.917. The molecule has 1 amide bonds. The maximum atomic E-state index is 12.7. The van der Waals surface area contributed by atoms with Crippen LogP contribution >= 0.6 is 11.3 Å². The molecule has 7 heteroatoms. The molecule has 0 spiro atoms. The Kier molecular flexibility index (Phi) is 5.01. The van der Waals surface area contributed by atoms with Crippen LogP contribution in [0, 0.1) is 6.92 Å². The van der Waals surface area contributed by atoms with Crippen LogP contribution in [0.4, 0.5) is 5.13 Å². The summed E-state index contributed by atoms with van der Waals surface area (Å²) < 4.78 is 5.31. The van der Waals surface area contributed by atoms with Crippen molar-refractivity contribution in [2.24, 2.45) is 0 Å². The third kappa shape index (κ3) is 3.68. The number of carbonyl (C=O) groups excluding carboxylic acids is 1. The lowest BCUT2D eigenvalue weighted by Crippen LogP contribution is -2.48. The van der Waals surface area contributed by atoms with Crippen LogP contribution in [0.25, 0.3) is 0 Å². The third-order valence-corrected chi connectivity index (χ3v) is 5.08. The van der Waals surface area contributed by atoms with Crippen LogP contribution in [-0.4, -0.2) is 54.0 Å². The van der Waals surface area contributed by atoms with Gasteiger partial charge in [-0.3, -0.25) is 9.69 Å². The number of hydrogen-bond acceptors (Lipinski definition) is 6. The summed E-state index contributed by atoms with van der Waals surface area (Å²) in [6.45, 7) is 5.97. The fourth-order valence-electron chi connectivity index (χ4n) is 2.86. The lowest BCUT2D eigenvalue weighted by atomic mass is 10.1. The molecular formula is C17H22N4O2S. The zero-order valence-electron chi connectivity index (χ0n) is 14.0. The number of aromatic nitrogens is 1. The monoisotopic (exact) mass is 346 g/mol. The molecular weight excluding hydrogens is 324 g/mol. The van der Waals surface area contributed by atoms with Gasteiger partial charge in [-0.2, -0.15) is 0 Å². The normalized spacial score (nSPS) is 15.5. The highest BCUT2D eigenvalue weighted by Crippen LogP contribution is 2.21. The Morgan fingerprint density at radius 1 is 1.33 bits per heavy atom. The van der Waals surface area contributed by atoms with Crippen molar-refractivity contribution in [3.8, 4) is 5.75 Å². The highest BCUT2D eigenvalue weighted by Gasteiger charge is 2.23. The second kappa shape index (κ2) is 7.19. The van der Waals surface area contributed by atoms with E-state index in [0.29, 0.717) is 10.7 Å². The van der Waals surface area contributed by atoms with E-state index in [4.69, 9.17) is 10.5 Å². The predicted octanol–water partition coefficient (Wildman–Crippen LogP) is 2.00. The topological polar surface area (TPSA) is 71.7 Å². The van der Waals surface area contributed by atoms with E-state index in [9.17, 15) is 4.79 Å². The van der Waals surface area contributed by atoms with Gasteiger partial charge in [0.2, 0.25) is 0 Å². The van der Waals surface area contributed by atoms with E-state index < -0.39 is 0 Å². The number of benzene rings is 1. The van der Waals surface area contributed by atoms with Gasteiger partial charge in [0.15, 0.2) is 5.13 Å². The Labute approximate surface area is 145 Å². The van der Waals surface area contributed by atoms with Gasteiger partial charge in [-0.15, -0.1) is 11.3 Å². The van der Waals surface area contributed by atoms with Gasteiger partial charge in [0.1, 0.15) is 5.75 Å². The minimum absolute atomic E-state index is 0.0648. The SMILES string of the molecule is COc1cc(C(=O)N2CCN(Cc3cnc(N)s3)CC2)ccc1C. The summed E-state index contributed by atoms with van der Waals surface area (Å²) in [4.78, 5) is 22.1. The molecule has 0 atom stereocenters. The molecule has 0 unspecified atom stereocenters. The minimum atomic E-state index is 0.0648. The molecule has 3 rings (SSSR count). The number of nitrogens with zero attached hydrogens (tertiary/aromatic N) is 3. The number of aryl methyl sites for hydroxylation is 1. The first-order valence-corrected chi connectivity index (χ1v) is 8.75. The van der Waals surface area contributed by atoms with Crippen molar-refractivity contribution >= 4 is 22.4 Å².